The zero-order valence-corrected chi connectivity index (χ0v) is 27.1. The smallest absolute Gasteiger partial charge is 0.261 e. The average molecular weight is 645 g/mol. The van der Waals surface area contributed by atoms with Crippen LogP contribution < -0.4 is 14.2 Å². The molecule has 0 spiro atoms. The summed E-state index contributed by atoms with van der Waals surface area (Å²) in [5.41, 5.74) is 5.41. The van der Waals surface area contributed by atoms with Gasteiger partial charge < -0.3 is 24.1 Å². The van der Waals surface area contributed by atoms with Crippen LogP contribution in [0.2, 0.25) is 0 Å². The molecule has 0 amide bonds. The van der Waals surface area contributed by atoms with Gasteiger partial charge in [-0.05, 0) is 65.1 Å². The van der Waals surface area contributed by atoms with Crippen LogP contribution in [-0.4, -0.2) is 51.8 Å². The molecule has 242 valence electrons. The lowest BCUT2D eigenvalue weighted by Crippen LogP contribution is -2.45. The molecule has 4 atom stereocenters. The fraction of sp³-hybridized carbons (Fsp3) is 0.333. The lowest BCUT2D eigenvalue weighted by molar-refractivity contribution is -0.276. The maximum absolute atomic E-state index is 13.0. The zero-order chi connectivity index (χ0) is 32.3. The minimum Gasteiger partial charge on any atom is -0.493 e. The molecular weight excluding hydrogens is 604 g/mol. The summed E-state index contributed by atoms with van der Waals surface area (Å²) < 4.78 is 53.2. The Morgan fingerprint density at radius 2 is 1.59 bits per heavy atom. The third-order valence-electron chi connectivity index (χ3n) is 8.82. The van der Waals surface area contributed by atoms with E-state index in [4.69, 9.17) is 18.9 Å². The molecule has 0 bridgehead atoms. The van der Waals surface area contributed by atoms with E-state index in [0.29, 0.717) is 23.5 Å². The standard InChI is InChI=1S/C36H40N2O7S/c1-24-34(22-38-17-16-27-19-32(42-2)33(43-3)20-29(27)21-38)44-36(45-35(24)26-14-12-25(23-39)13-15-26)28-8-7-9-30(18-28)37-46(40,41)31-10-5-4-6-11-31/h4-15,18-20,24,34-37,39H,16-17,21-23H2,1-3H3/t24-,34+,35+,36+/m0/s1. The second-order valence-corrected chi connectivity index (χ2v) is 13.5. The molecule has 0 radical (unpaired) electrons. The third-order valence-corrected chi connectivity index (χ3v) is 10.2. The van der Waals surface area contributed by atoms with Crippen LogP contribution in [0.25, 0.3) is 0 Å². The van der Waals surface area contributed by atoms with Gasteiger partial charge in [0.1, 0.15) is 0 Å². The molecule has 2 aliphatic rings. The Labute approximate surface area is 270 Å². The van der Waals surface area contributed by atoms with Crippen molar-refractivity contribution < 1.29 is 32.5 Å². The van der Waals surface area contributed by atoms with Crippen molar-refractivity contribution in [3.63, 3.8) is 0 Å². The summed E-state index contributed by atoms with van der Waals surface area (Å²) in [4.78, 5) is 2.58. The van der Waals surface area contributed by atoms with Crippen LogP contribution in [0.4, 0.5) is 5.69 Å². The normalized spacial score (nSPS) is 21.7. The van der Waals surface area contributed by atoms with Crippen LogP contribution in [0.3, 0.4) is 0 Å². The molecular formula is C36H40N2O7S. The first-order chi connectivity index (χ1) is 22.3. The highest BCUT2D eigenvalue weighted by Gasteiger charge is 2.39. The van der Waals surface area contributed by atoms with Gasteiger partial charge in [0.2, 0.25) is 0 Å². The highest BCUT2D eigenvalue weighted by molar-refractivity contribution is 7.92. The number of ether oxygens (including phenoxy) is 4. The van der Waals surface area contributed by atoms with Crippen molar-refractivity contribution in [2.24, 2.45) is 5.92 Å². The van der Waals surface area contributed by atoms with E-state index < -0.39 is 16.3 Å². The van der Waals surface area contributed by atoms with Gasteiger partial charge in [-0.25, -0.2) is 8.42 Å². The van der Waals surface area contributed by atoms with Crippen molar-refractivity contribution in [3.05, 3.63) is 119 Å². The van der Waals surface area contributed by atoms with Crippen molar-refractivity contribution in [1.82, 2.24) is 4.90 Å². The quantitative estimate of drug-likeness (QED) is 0.222. The highest BCUT2D eigenvalue weighted by atomic mass is 32.2. The van der Waals surface area contributed by atoms with E-state index in [1.807, 2.05) is 30.3 Å². The first-order valence-electron chi connectivity index (χ1n) is 15.4. The van der Waals surface area contributed by atoms with E-state index in [1.54, 1.807) is 62.8 Å². The average Bonchev–Trinajstić information content (AvgIpc) is 3.09. The third kappa shape index (κ3) is 6.91. The summed E-state index contributed by atoms with van der Waals surface area (Å²) in [6.07, 6.45) is -0.326. The van der Waals surface area contributed by atoms with Gasteiger partial charge in [-0.2, -0.15) is 0 Å². The van der Waals surface area contributed by atoms with Crippen LogP contribution in [0.5, 0.6) is 11.5 Å². The number of aliphatic hydroxyl groups is 1. The van der Waals surface area contributed by atoms with E-state index in [2.05, 4.69) is 28.7 Å². The van der Waals surface area contributed by atoms with Gasteiger partial charge in [-0.15, -0.1) is 0 Å². The van der Waals surface area contributed by atoms with Gasteiger partial charge in [-0.3, -0.25) is 9.62 Å². The highest BCUT2D eigenvalue weighted by Crippen LogP contribution is 2.43. The number of hydrogen-bond donors (Lipinski definition) is 2. The largest absolute Gasteiger partial charge is 0.493 e. The number of nitrogens with zero attached hydrogens (tertiary/aromatic N) is 1. The summed E-state index contributed by atoms with van der Waals surface area (Å²) in [6, 6.07) is 27.4. The number of fused-ring (bicyclic) bond motifs is 1. The van der Waals surface area contributed by atoms with E-state index in [1.165, 1.54) is 11.1 Å². The molecule has 0 unspecified atom stereocenters. The van der Waals surface area contributed by atoms with Gasteiger partial charge >= 0.3 is 0 Å². The molecule has 0 aromatic heterocycles. The molecule has 6 rings (SSSR count). The molecule has 9 nitrogen and oxygen atoms in total. The zero-order valence-electron chi connectivity index (χ0n) is 26.3. The van der Waals surface area contributed by atoms with Gasteiger partial charge in [0.15, 0.2) is 17.8 Å². The second kappa shape index (κ2) is 13.8. The summed E-state index contributed by atoms with van der Waals surface area (Å²) >= 11 is 0. The number of hydrogen-bond acceptors (Lipinski definition) is 8. The number of anilines is 1. The van der Waals surface area contributed by atoms with Crippen LogP contribution in [0.1, 0.15) is 47.1 Å². The molecule has 2 N–H and O–H groups in total. The Morgan fingerprint density at radius 3 is 2.28 bits per heavy atom. The fourth-order valence-corrected chi connectivity index (χ4v) is 7.31. The van der Waals surface area contributed by atoms with Gasteiger partial charge in [0.25, 0.3) is 10.0 Å². The first-order valence-corrected chi connectivity index (χ1v) is 16.9. The van der Waals surface area contributed by atoms with Crippen molar-refractivity contribution in [2.75, 3.05) is 32.0 Å². The van der Waals surface area contributed by atoms with E-state index >= 15 is 0 Å². The summed E-state index contributed by atoms with van der Waals surface area (Å²) in [7, 11) is -0.465. The Kier molecular flexibility index (Phi) is 9.62. The van der Waals surface area contributed by atoms with Gasteiger partial charge in [-0.1, -0.05) is 61.5 Å². The Bertz CT molecular complexity index is 1750. The predicted molar refractivity (Wildman–Crippen MR) is 175 cm³/mol. The molecule has 2 heterocycles. The lowest BCUT2D eigenvalue weighted by atomic mass is 9.89. The lowest BCUT2D eigenvalue weighted by Gasteiger charge is -2.43. The van der Waals surface area contributed by atoms with Crippen LogP contribution in [0.15, 0.2) is 95.9 Å². The Hall–Kier alpha value is -3.93. The SMILES string of the molecule is COc1cc2c(cc1OC)CN(C[C@H]1O[C@@H](c3cccc(NS(=O)(=O)c4ccccc4)c3)O[C@@H](c3ccc(CO)cc3)[C@H]1C)CC2. The molecule has 1 fully saturated rings. The van der Waals surface area contributed by atoms with Crippen molar-refractivity contribution in [1.29, 1.82) is 0 Å². The molecule has 4 aromatic rings. The molecule has 2 aliphatic heterocycles. The van der Waals surface area contributed by atoms with Crippen LogP contribution >= 0.6 is 0 Å². The summed E-state index contributed by atoms with van der Waals surface area (Å²) in [6.45, 7) is 4.41. The Balaban J connectivity index is 1.26. The first kappa shape index (κ1) is 32.0. The minimum absolute atomic E-state index is 0.00259. The number of nitrogens with one attached hydrogen (secondary N) is 1. The monoisotopic (exact) mass is 644 g/mol. The number of methoxy groups -OCH3 is 2. The van der Waals surface area contributed by atoms with Gasteiger partial charge in [0, 0.05) is 36.8 Å². The summed E-state index contributed by atoms with van der Waals surface area (Å²) in [5, 5.41) is 9.60. The van der Waals surface area contributed by atoms with Crippen LogP contribution in [0, 0.1) is 5.92 Å². The molecule has 46 heavy (non-hydrogen) atoms. The van der Waals surface area contributed by atoms with Crippen molar-refractivity contribution in [3.8, 4) is 11.5 Å². The molecule has 0 aliphatic carbocycles. The molecule has 10 heteroatoms. The number of benzene rings is 4. The molecule has 4 aromatic carbocycles. The van der Waals surface area contributed by atoms with E-state index in [0.717, 1.165) is 36.4 Å². The second-order valence-electron chi connectivity index (χ2n) is 11.8. The number of sulfonamides is 1. The molecule has 1 saturated heterocycles. The maximum Gasteiger partial charge on any atom is 0.261 e. The van der Waals surface area contributed by atoms with Gasteiger partial charge in [0.05, 0.1) is 37.9 Å². The van der Waals surface area contributed by atoms with Crippen molar-refractivity contribution >= 4 is 15.7 Å². The maximum atomic E-state index is 13.0. The minimum atomic E-state index is -3.77. The number of rotatable bonds is 10. The predicted octanol–water partition coefficient (Wildman–Crippen LogP) is 5.85. The van der Waals surface area contributed by atoms with Crippen LogP contribution in [-0.2, 0) is 39.1 Å². The van der Waals surface area contributed by atoms with E-state index in [-0.39, 0.29) is 29.6 Å². The molecule has 0 saturated carbocycles. The van der Waals surface area contributed by atoms with E-state index in [9.17, 15) is 13.5 Å². The topological polar surface area (TPSA) is 107 Å². The fourth-order valence-electron chi connectivity index (χ4n) is 6.24. The van der Waals surface area contributed by atoms with Crippen molar-refractivity contribution in [2.45, 2.75) is 49.9 Å². The Morgan fingerprint density at radius 1 is 0.870 bits per heavy atom. The number of aliphatic hydroxyl groups excluding tert-OH is 1. The summed E-state index contributed by atoms with van der Waals surface area (Å²) in [5.74, 6) is 1.46.